The highest BCUT2D eigenvalue weighted by molar-refractivity contribution is 5.81. The van der Waals surface area contributed by atoms with Gasteiger partial charge in [0.1, 0.15) is 12.1 Å². The van der Waals surface area contributed by atoms with E-state index in [4.69, 9.17) is 15.2 Å². The molecular formula is C13H13N5O2. The molecule has 2 heterocycles. The monoisotopic (exact) mass is 271 g/mol. The van der Waals surface area contributed by atoms with E-state index < -0.39 is 0 Å². The van der Waals surface area contributed by atoms with Gasteiger partial charge in [0.15, 0.2) is 11.2 Å². The predicted octanol–water partition coefficient (Wildman–Crippen LogP) is 1.41. The molecule has 2 N–H and O–H groups in total. The van der Waals surface area contributed by atoms with Gasteiger partial charge in [-0.05, 0) is 12.1 Å². The van der Waals surface area contributed by atoms with Gasteiger partial charge in [-0.2, -0.15) is 4.98 Å². The molecule has 0 radical (unpaired) electrons. The van der Waals surface area contributed by atoms with Crippen molar-refractivity contribution in [3.05, 3.63) is 30.6 Å². The van der Waals surface area contributed by atoms with Gasteiger partial charge in [-0.1, -0.05) is 6.07 Å². The zero-order valence-electron chi connectivity index (χ0n) is 11.1. The molecule has 3 aromatic rings. The van der Waals surface area contributed by atoms with Gasteiger partial charge in [0.2, 0.25) is 11.8 Å². The Bertz CT molecular complexity index is 769. The zero-order chi connectivity index (χ0) is 14.1. The molecule has 0 saturated carbocycles. The van der Waals surface area contributed by atoms with Crippen LogP contribution in [0.5, 0.6) is 11.6 Å². The normalized spacial score (nSPS) is 10.7. The summed E-state index contributed by atoms with van der Waals surface area (Å²) in [6.07, 6.45) is 1.42. The number of fused-ring (bicyclic) bond motifs is 1. The van der Waals surface area contributed by atoms with Crippen LogP contribution in [0.25, 0.3) is 16.9 Å². The van der Waals surface area contributed by atoms with Crippen LogP contribution in [0.3, 0.4) is 0 Å². The quantitative estimate of drug-likeness (QED) is 0.775. The van der Waals surface area contributed by atoms with Crippen molar-refractivity contribution in [2.24, 2.45) is 0 Å². The summed E-state index contributed by atoms with van der Waals surface area (Å²) < 4.78 is 12.1. The number of nitrogens with zero attached hydrogens (tertiary/aromatic N) is 4. The van der Waals surface area contributed by atoms with Crippen molar-refractivity contribution in [1.29, 1.82) is 0 Å². The number of benzene rings is 1. The lowest BCUT2D eigenvalue weighted by molar-refractivity contribution is 0.401. The second-order valence-electron chi connectivity index (χ2n) is 4.06. The van der Waals surface area contributed by atoms with Crippen LogP contribution in [0.1, 0.15) is 0 Å². The van der Waals surface area contributed by atoms with E-state index in [0.29, 0.717) is 23.0 Å². The smallest absolute Gasteiger partial charge is 0.245 e. The molecule has 1 aromatic carbocycles. The van der Waals surface area contributed by atoms with Crippen LogP contribution in [0.4, 0.5) is 5.95 Å². The summed E-state index contributed by atoms with van der Waals surface area (Å²) in [5, 5.41) is 0. The van der Waals surface area contributed by atoms with E-state index in [-0.39, 0.29) is 0 Å². The average Bonchev–Trinajstić information content (AvgIpc) is 2.83. The Kier molecular flexibility index (Phi) is 2.86. The van der Waals surface area contributed by atoms with Crippen molar-refractivity contribution in [1.82, 2.24) is 19.5 Å². The Hall–Kier alpha value is -2.83. The maximum absolute atomic E-state index is 5.99. The SMILES string of the molecule is COc1cccc(-n2c(N)nc3c(OC)ncnc32)c1. The van der Waals surface area contributed by atoms with Crippen LogP contribution in [0, 0.1) is 0 Å². The predicted molar refractivity (Wildman–Crippen MR) is 74.2 cm³/mol. The van der Waals surface area contributed by atoms with E-state index >= 15 is 0 Å². The Morgan fingerprint density at radius 1 is 1.15 bits per heavy atom. The molecule has 7 nitrogen and oxygen atoms in total. The summed E-state index contributed by atoms with van der Waals surface area (Å²) in [5.74, 6) is 1.43. The Morgan fingerprint density at radius 3 is 2.75 bits per heavy atom. The summed E-state index contributed by atoms with van der Waals surface area (Å²) in [5.41, 5.74) is 7.91. The minimum Gasteiger partial charge on any atom is -0.497 e. The molecular weight excluding hydrogens is 258 g/mol. The number of rotatable bonds is 3. The van der Waals surface area contributed by atoms with E-state index in [0.717, 1.165) is 11.4 Å². The molecule has 0 spiro atoms. The Balaban J connectivity index is 2.28. The average molecular weight is 271 g/mol. The molecule has 102 valence electrons. The fourth-order valence-corrected chi connectivity index (χ4v) is 2.04. The number of nitrogen functional groups attached to an aromatic ring is 1. The maximum Gasteiger partial charge on any atom is 0.245 e. The van der Waals surface area contributed by atoms with Crippen LogP contribution in [-0.2, 0) is 0 Å². The van der Waals surface area contributed by atoms with Crippen molar-refractivity contribution in [3.63, 3.8) is 0 Å². The third-order valence-corrected chi connectivity index (χ3v) is 2.94. The molecule has 0 atom stereocenters. The Morgan fingerprint density at radius 2 is 2.00 bits per heavy atom. The van der Waals surface area contributed by atoms with Gasteiger partial charge in [-0.15, -0.1) is 0 Å². The van der Waals surface area contributed by atoms with Gasteiger partial charge in [0.05, 0.1) is 19.9 Å². The second-order valence-corrected chi connectivity index (χ2v) is 4.06. The van der Waals surface area contributed by atoms with Gasteiger partial charge < -0.3 is 15.2 Å². The lowest BCUT2D eigenvalue weighted by Crippen LogP contribution is -2.01. The molecule has 0 amide bonds. The number of hydrogen-bond donors (Lipinski definition) is 1. The summed E-state index contributed by atoms with van der Waals surface area (Å²) in [6, 6.07) is 7.48. The summed E-state index contributed by atoms with van der Waals surface area (Å²) in [4.78, 5) is 12.5. The second kappa shape index (κ2) is 4.69. The first-order chi connectivity index (χ1) is 9.74. The number of aromatic nitrogens is 4. The lowest BCUT2D eigenvalue weighted by atomic mass is 10.3. The van der Waals surface area contributed by atoms with E-state index in [1.807, 2.05) is 24.3 Å². The molecule has 7 heteroatoms. The third-order valence-electron chi connectivity index (χ3n) is 2.94. The highest BCUT2D eigenvalue weighted by atomic mass is 16.5. The van der Waals surface area contributed by atoms with Gasteiger partial charge in [0, 0.05) is 6.07 Å². The third kappa shape index (κ3) is 1.80. The molecule has 3 rings (SSSR count). The van der Waals surface area contributed by atoms with Gasteiger partial charge in [0.25, 0.3) is 0 Å². The van der Waals surface area contributed by atoms with Crippen molar-refractivity contribution in [3.8, 4) is 17.3 Å². The van der Waals surface area contributed by atoms with Crippen molar-refractivity contribution < 1.29 is 9.47 Å². The summed E-state index contributed by atoms with van der Waals surface area (Å²) >= 11 is 0. The summed E-state index contributed by atoms with van der Waals surface area (Å²) in [7, 11) is 3.14. The molecule has 0 aliphatic heterocycles. The molecule has 20 heavy (non-hydrogen) atoms. The van der Waals surface area contributed by atoms with Crippen molar-refractivity contribution in [2.75, 3.05) is 20.0 Å². The number of hydrogen-bond acceptors (Lipinski definition) is 6. The van der Waals surface area contributed by atoms with Crippen LogP contribution in [0.15, 0.2) is 30.6 Å². The summed E-state index contributed by atoms with van der Waals surface area (Å²) in [6.45, 7) is 0. The first-order valence-electron chi connectivity index (χ1n) is 5.92. The van der Waals surface area contributed by atoms with Crippen LogP contribution in [0.2, 0.25) is 0 Å². The van der Waals surface area contributed by atoms with E-state index in [2.05, 4.69) is 15.0 Å². The fourth-order valence-electron chi connectivity index (χ4n) is 2.04. The molecule has 0 bridgehead atoms. The number of methoxy groups -OCH3 is 2. The standard InChI is InChI=1S/C13H13N5O2/c1-19-9-5-3-4-8(6-9)18-11-10(17-13(18)14)12(20-2)16-7-15-11/h3-7H,1-2H3,(H2,14,17). The van der Waals surface area contributed by atoms with E-state index in [1.165, 1.54) is 13.4 Å². The van der Waals surface area contributed by atoms with Crippen molar-refractivity contribution >= 4 is 17.1 Å². The Labute approximate surface area is 115 Å². The highest BCUT2D eigenvalue weighted by Crippen LogP contribution is 2.27. The van der Waals surface area contributed by atoms with Crippen LogP contribution >= 0.6 is 0 Å². The van der Waals surface area contributed by atoms with E-state index in [1.54, 1.807) is 11.7 Å². The van der Waals surface area contributed by atoms with Gasteiger partial charge in [-0.3, -0.25) is 4.57 Å². The molecule has 0 unspecified atom stereocenters. The van der Waals surface area contributed by atoms with Gasteiger partial charge >= 0.3 is 0 Å². The molecule has 0 aliphatic carbocycles. The van der Waals surface area contributed by atoms with Crippen molar-refractivity contribution in [2.45, 2.75) is 0 Å². The van der Waals surface area contributed by atoms with Gasteiger partial charge in [-0.25, -0.2) is 9.97 Å². The number of imidazole rings is 1. The molecule has 2 aromatic heterocycles. The maximum atomic E-state index is 5.99. The minimum atomic E-state index is 0.312. The zero-order valence-corrected chi connectivity index (χ0v) is 11.1. The first kappa shape index (κ1) is 12.2. The largest absolute Gasteiger partial charge is 0.497 e. The topological polar surface area (TPSA) is 88.1 Å². The lowest BCUT2D eigenvalue weighted by Gasteiger charge is -2.07. The van der Waals surface area contributed by atoms with E-state index in [9.17, 15) is 0 Å². The number of nitrogens with two attached hydrogens (primary N) is 1. The number of anilines is 1. The molecule has 0 saturated heterocycles. The fraction of sp³-hybridized carbons (Fsp3) is 0.154. The van der Waals surface area contributed by atoms with Crippen LogP contribution < -0.4 is 15.2 Å². The first-order valence-corrected chi connectivity index (χ1v) is 5.92. The minimum absolute atomic E-state index is 0.312. The number of ether oxygens (including phenoxy) is 2. The molecule has 0 fully saturated rings. The highest BCUT2D eigenvalue weighted by Gasteiger charge is 2.16. The molecule has 0 aliphatic rings. The van der Waals surface area contributed by atoms with Crippen LogP contribution in [-0.4, -0.2) is 33.7 Å².